The van der Waals surface area contributed by atoms with Crippen LogP contribution in [-0.2, 0) is 10.0 Å². The number of nitrogens with zero attached hydrogens (tertiary/aromatic N) is 2. The SMILES string of the molecule is Cc1nc(NC(=O)c2ccc(S(=O)(=O)N(C)C3CCCCC3)cc2)sc1C. The number of amides is 1. The van der Waals surface area contributed by atoms with Gasteiger partial charge in [-0.3, -0.25) is 10.1 Å². The molecule has 0 unspecified atom stereocenters. The van der Waals surface area contributed by atoms with Crippen molar-refractivity contribution in [2.45, 2.75) is 56.9 Å². The molecule has 27 heavy (non-hydrogen) atoms. The summed E-state index contributed by atoms with van der Waals surface area (Å²) in [6.07, 6.45) is 5.12. The Hall–Kier alpha value is -1.77. The standard InChI is InChI=1S/C19H25N3O3S2/c1-13-14(2)26-19(20-13)21-18(23)15-9-11-17(12-10-15)27(24,25)22(3)16-7-5-4-6-8-16/h9-12,16H,4-8H2,1-3H3,(H,20,21,23). The first kappa shape index (κ1) is 20.0. The number of hydrogen-bond donors (Lipinski definition) is 1. The number of anilines is 1. The summed E-state index contributed by atoms with van der Waals surface area (Å²) >= 11 is 1.42. The maximum absolute atomic E-state index is 12.9. The van der Waals surface area contributed by atoms with Crippen molar-refractivity contribution in [2.75, 3.05) is 12.4 Å². The fraction of sp³-hybridized carbons (Fsp3) is 0.474. The molecule has 6 nitrogen and oxygen atoms in total. The average Bonchev–Trinajstić information content (AvgIpc) is 2.99. The van der Waals surface area contributed by atoms with Crippen LogP contribution in [0.5, 0.6) is 0 Å². The third-order valence-electron chi connectivity index (χ3n) is 5.13. The molecule has 0 spiro atoms. The van der Waals surface area contributed by atoms with Crippen molar-refractivity contribution in [3.05, 3.63) is 40.4 Å². The topological polar surface area (TPSA) is 79.4 Å². The van der Waals surface area contributed by atoms with Gasteiger partial charge < -0.3 is 0 Å². The monoisotopic (exact) mass is 407 g/mol. The number of sulfonamides is 1. The van der Waals surface area contributed by atoms with Crippen LogP contribution in [0.2, 0.25) is 0 Å². The lowest BCUT2D eigenvalue weighted by atomic mass is 9.96. The van der Waals surface area contributed by atoms with E-state index in [4.69, 9.17) is 0 Å². The molecule has 1 aromatic heterocycles. The molecule has 1 fully saturated rings. The smallest absolute Gasteiger partial charge is 0.257 e. The van der Waals surface area contributed by atoms with Gasteiger partial charge in [0.1, 0.15) is 0 Å². The summed E-state index contributed by atoms with van der Waals surface area (Å²) in [5.41, 5.74) is 1.29. The first-order valence-corrected chi connectivity index (χ1v) is 11.4. The van der Waals surface area contributed by atoms with Crippen LogP contribution in [0, 0.1) is 13.8 Å². The Morgan fingerprint density at radius 1 is 1.15 bits per heavy atom. The van der Waals surface area contributed by atoms with E-state index in [-0.39, 0.29) is 16.8 Å². The van der Waals surface area contributed by atoms with Crippen molar-refractivity contribution in [2.24, 2.45) is 0 Å². The Kier molecular flexibility index (Phi) is 5.98. The van der Waals surface area contributed by atoms with Crippen LogP contribution in [0.3, 0.4) is 0 Å². The summed E-state index contributed by atoms with van der Waals surface area (Å²) < 4.78 is 27.2. The minimum atomic E-state index is -3.55. The molecule has 1 saturated carbocycles. The lowest BCUT2D eigenvalue weighted by molar-refractivity contribution is 0.102. The second-order valence-electron chi connectivity index (χ2n) is 6.95. The van der Waals surface area contributed by atoms with Crippen LogP contribution in [0.4, 0.5) is 5.13 Å². The molecule has 2 aromatic rings. The summed E-state index contributed by atoms with van der Waals surface area (Å²) in [4.78, 5) is 17.9. The lowest BCUT2D eigenvalue weighted by Gasteiger charge is -2.30. The van der Waals surface area contributed by atoms with Crippen molar-refractivity contribution in [3.63, 3.8) is 0 Å². The maximum Gasteiger partial charge on any atom is 0.257 e. The molecule has 3 rings (SSSR count). The molecule has 1 aliphatic rings. The van der Waals surface area contributed by atoms with Crippen LogP contribution in [0.15, 0.2) is 29.2 Å². The fourth-order valence-corrected chi connectivity index (χ4v) is 5.51. The molecule has 1 aliphatic carbocycles. The van der Waals surface area contributed by atoms with Gasteiger partial charge in [0.05, 0.1) is 10.6 Å². The van der Waals surface area contributed by atoms with Gasteiger partial charge in [-0.1, -0.05) is 19.3 Å². The summed E-state index contributed by atoms with van der Waals surface area (Å²) in [7, 11) is -1.90. The highest BCUT2D eigenvalue weighted by molar-refractivity contribution is 7.89. The van der Waals surface area contributed by atoms with E-state index in [1.54, 1.807) is 19.2 Å². The Morgan fingerprint density at radius 3 is 2.33 bits per heavy atom. The van der Waals surface area contributed by atoms with Crippen LogP contribution >= 0.6 is 11.3 Å². The van der Waals surface area contributed by atoms with Crippen LogP contribution < -0.4 is 5.32 Å². The van der Waals surface area contributed by atoms with Gasteiger partial charge in [-0.15, -0.1) is 11.3 Å². The van der Waals surface area contributed by atoms with E-state index in [0.717, 1.165) is 36.3 Å². The zero-order chi connectivity index (χ0) is 19.6. The van der Waals surface area contributed by atoms with Gasteiger partial charge in [0.2, 0.25) is 10.0 Å². The molecule has 0 atom stereocenters. The number of aromatic nitrogens is 1. The largest absolute Gasteiger partial charge is 0.298 e. The molecular weight excluding hydrogens is 382 g/mol. The summed E-state index contributed by atoms with van der Waals surface area (Å²) in [5, 5.41) is 3.31. The van der Waals surface area contributed by atoms with Crippen molar-refractivity contribution in [1.82, 2.24) is 9.29 Å². The first-order valence-electron chi connectivity index (χ1n) is 9.12. The number of rotatable bonds is 5. The molecule has 0 radical (unpaired) electrons. The van der Waals surface area contributed by atoms with E-state index in [0.29, 0.717) is 10.7 Å². The zero-order valence-corrected chi connectivity index (χ0v) is 17.5. The number of carbonyl (C=O) groups excluding carboxylic acids is 1. The van der Waals surface area contributed by atoms with Crippen LogP contribution in [0.1, 0.15) is 53.0 Å². The summed E-state index contributed by atoms with van der Waals surface area (Å²) in [6, 6.07) is 6.15. The second kappa shape index (κ2) is 8.08. The molecule has 8 heteroatoms. The average molecular weight is 408 g/mol. The summed E-state index contributed by atoms with van der Waals surface area (Å²) in [6.45, 7) is 3.84. The quantitative estimate of drug-likeness (QED) is 0.813. The minimum Gasteiger partial charge on any atom is -0.298 e. The second-order valence-corrected chi connectivity index (χ2v) is 10.2. The van der Waals surface area contributed by atoms with E-state index in [2.05, 4.69) is 10.3 Å². The lowest BCUT2D eigenvalue weighted by Crippen LogP contribution is -2.38. The molecule has 0 bridgehead atoms. The highest BCUT2D eigenvalue weighted by atomic mass is 32.2. The van der Waals surface area contributed by atoms with E-state index >= 15 is 0 Å². The van der Waals surface area contributed by atoms with E-state index in [9.17, 15) is 13.2 Å². The number of aryl methyl sites for hydroxylation is 2. The van der Waals surface area contributed by atoms with Crippen molar-refractivity contribution >= 4 is 32.4 Å². The van der Waals surface area contributed by atoms with E-state index < -0.39 is 10.0 Å². The molecule has 0 saturated heterocycles. The van der Waals surface area contributed by atoms with Gasteiger partial charge in [-0.25, -0.2) is 13.4 Å². The van der Waals surface area contributed by atoms with Gasteiger partial charge in [0.15, 0.2) is 5.13 Å². The Labute approximate surface area is 164 Å². The van der Waals surface area contributed by atoms with Gasteiger partial charge in [-0.2, -0.15) is 4.31 Å². The molecular formula is C19H25N3O3S2. The minimum absolute atomic E-state index is 0.0584. The number of hydrogen-bond acceptors (Lipinski definition) is 5. The molecule has 0 aliphatic heterocycles. The molecule has 1 heterocycles. The molecule has 1 amide bonds. The van der Waals surface area contributed by atoms with Crippen LogP contribution in [0.25, 0.3) is 0 Å². The summed E-state index contributed by atoms with van der Waals surface area (Å²) in [5.74, 6) is -0.298. The van der Waals surface area contributed by atoms with Gasteiger partial charge in [0, 0.05) is 23.5 Å². The third-order valence-corrected chi connectivity index (χ3v) is 8.04. The zero-order valence-electron chi connectivity index (χ0n) is 15.9. The van der Waals surface area contributed by atoms with Gasteiger partial charge in [0.25, 0.3) is 5.91 Å². The van der Waals surface area contributed by atoms with Crippen LogP contribution in [-0.4, -0.2) is 36.7 Å². The predicted molar refractivity (Wildman–Crippen MR) is 108 cm³/mol. The first-order chi connectivity index (χ1) is 12.8. The Balaban J connectivity index is 1.72. The maximum atomic E-state index is 12.9. The number of carbonyl (C=O) groups is 1. The molecule has 1 N–H and O–H groups in total. The highest BCUT2D eigenvalue weighted by Gasteiger charge is 2.29. The molecule has 1 aromatic carbocycles. The number of nitrogens with one attached hydrogen (secondary N) is 1. The van der Waals surface area contributed by atoms with Crippen molar-refractivity contribution in [1.29, 1.82) is 0 Å². The van der Waals surface area contributed by atoms with E-state index in [1.165, 1.54) is 34.2 Å². The fourth-order valence-electron chi connectivity index (χ4n) is 3.28. The van der Waals surface area contributed by atoms with Gasteiger partial charge >= 0.3 is 0 Å². The van der Waals surface area contributed by atoms with Crippen molar-refractivity contribution < 1.29 is 13.2 Å². The van der Waals surface area contributed by atoms with Crippen molar-refractivity contribution in [3.8, 4) is 0 Å². The predicted octanol–water partition coefficient (Wildman–Crippen LogP) is 3.97. The van der Waals surface area contributed by atoms with E-state index in [1.807, 2.05) is 13.8 Å². The third kappa shape index (κ3) is 4.39. The normalized spacial score (nSPS) is 15.9. The number of benzene rings is 1. The molecule has 146 valence electrons. The number of thiazole rings is 1. The Bertz CT molecular complexity index is 895. The van der Waals surface area contributed by atoms with Gasteiger partial charge in [-0.05, 0) is 51.0 Å². The highest BCUT2D eigenvalue weighted by Crippen LogP contribution is 2.27. The Morgan fingerprint density at radius 2 is 1.78 bits per heavy atom.